The van der Waals surface area contributed by atoms with Crippen molar-refractivity contribution < 1.29 is 25.2 Å². The Kier molecular flexibility index (Phi) is 8.81. The molecule has 0 aliphatic rings. The lowest BCUT2D eigenvalue weighted by molar-refractivity contribution is -0.130. The summed E-state index contributed by atoms with van der Waals surface area (Å²) in [6, 6.07) is 0. The van der Waals surface area contributed by atoms with Gasteiger partial charge in [0.05, 0.1) is 18.8 Å². The minimum atomic E-state index is -1.44. The molecular formula is C14H31NO5. The zero-order valence-electron chi connectivity index (χ0n) is 13.2. The molecule has 0 rings (SSSR count). The highest BCUT2D eigenvalue weighted by Gasteiger charge is 2.33. The van der Waals surface area contributed by atoms with Crippen LogP contribution in [-0.2, 0) is 4.74 Å². The molecule has 0 bridgehead atoms. The Morgan fingerprint density at radius 3 is 2.00 bits per heavy atom. The molecule has 0 spiro atoms. The molecule has 0 amide bonds. The van der Waals surface area contributed by atoms with Crippen LogP contribution in [0.5, 0.6) is 0 Å². The third-order valence-electron chi connectivity index (χ3n) is 3.66. The summed E-state index contributed by atoms with van der Waals surface area (Å²) in [4.78, 5) is 0. The van der Waals surface area contributed by atoms with Gasteiger partial charge in [-0.15, -0.1) is 0 Å². The molecule has 5 N–H and O–H groups in total. The van der Waals surface area contributed by atoms with Gasteiger partial charge in [-0.3, -0.25) is 0 Å². The van der Waals surface area contributed by atoms with Gasteiger partial charge in [0.25, 0.3) is 0 Å². The van der Waals surface area contributed by atoms with E-state index in [1.54, 1.807) is 7.05 Å². The summed E-state index contributed by atoms with van der Waals surface area (Å²) in [5, 5.41) is 42.4. The molecule has 6 heteroatoms. The van der Waals surface area contributed by atoms with Gasteiger partial charge in [-0.25, -0.2) is 0 Å². The van der Waals surface area contributed by atoms with E-state index in [-0.39, 0.29) is 24.7 Å². The van der Waals surface area contributed by atoms with Crippen LogP contribution in [0.4, 0.5) is 0 Å². The van der Waals surface area contributed by atoms with Gasteiger partial charge in [0.1, 0.15) is 18.3 Å². The molecule has 0 radical (unpaired) electrons. The van der Waals surface area contributed by atoms with Gasteiger partial charge < -0.3 is 30.5 Å². The lowest BCUT2D eigenvalue weighted by Gasteiger charge is -2.32. The molecular weight excluding hydrogens is 262 g/mol. The van der Waals surface area contributed by atoms with Gasteiger partial charge in [0, 0.05) is 5.54 Å². The van der Waals surface area contributed by atoms with Crippen LogP contribution in [-0.4, -0.2) is 70.1 Å². The number of rotatable bonds is 10. The minimum Gasteiger partial charge on any atom is -0.390 e. The predicted molar refractivity (Wildman–Crippen MR) is 77.5 cm³/mol. The SMILES string of the molecule is CCC(C)OCC(O)C(O)C(O)C(O)CC(C)(C)NC. The van der Waals surface area contributed by atoms with E-state index in [4.69, 9.17) is 4.74 Å². The van der Waals surface area contributed by atoms with Crippen molar-refractivity contribution >= 4 is 0 Å². The van der Waals surface area contributed by atoms with Crippen LogP contribution >= 0.6 is 0 Å². The lowest BCUT2D eigenvalue weighted by atomic mass is 9.91. The van der Waals surface area contributed by atoms with E-state index in [1.807, 2.05) is 27.7 Å². The first-order chi connectivity index (χ1) is 9.14. The van der Waals surface area contributed by atoms with Gasteiger partial charge in [0.2, 0.25) is 0 Å². The summed E-state index contributed by atoms with van der Waals surface area (Å²) in [6.07, 6.45) is -4.20. The van der Waals surface area contributed by atoms with Crippen LogP contribution < -0.4 is 5.32 Å². The maximum absolute atomic E-state index is 9.93. The van der Waals surface area contributed by atoms with Crippen molar-refractivity contribution in [1.82, 2.24) is 5.32 Å². The zero-order valence-corrected chi connectivity index (χ0v) is 13.2. The minimum absolute atomic E-state index is 0.0258. The number of aliphatic hydroxyl groups excluding tert-OH is 4. The van der Waals surface area contributed by atoms with E-state index in [0.717, 1.165) is 6.42 Å². The molecule has 122 valence electrons. The summed E-state index contributed by atoms with van der Waals surface area (Å²) < 4.78 is 5.31. The second kappa shape index (κ2) is 8.92. The van der Waals surface area contributed by atoms with Crippen molar-refractivity contribution in [2.45, 2.75) is 76.6 Å². The van der Waals surface area contributed by atoms with Gasteiger partial charge in [0.15, 0.2) is 0 Å². The first-order valence-corrected chi connectivity index (χ1v) is 7.17. The first kappa shape index (κ1) is 19.8. The van der Waals surface area contributed by atoms with Crippen molar-refractivity contribution in [3.05, 3.63) is 0 Å². The van der Waals surface area contributed by atoms with Crippen LogP contribution in [0.2, 0.25) is 0 Å². The Hall–Kier alpha value is -0.240. The Balaban J connectivity index is 4.33. The maximum atomic E-state index is 9.93. The maximum Gasteiger partial charge on any atom is 0.110 e. The van der Waals surface area contributed by atoms with Gasteiger partial charge in [-0.05, 0) is 40.7 Å². The lowest BCUT2D eigenvalue weighted by Crippen LogP contribution is -2.50. The first-order valence-electron chi connectivity index (χ1n) is 7.17. The van der Waals surface area contributed by atoms with Crippen LogP contribution in [0.3, 0.4) is 0 Å². The van der Waals surface area contributed by atoms with Crippen LogP contribution in [0, 0.1) is 0 Å². The molecule has 5 atom stereocenters. The van der Waals surface area contributed by atoms with Crippen molar-refractivity contribution in [2.24, 2.45) is 0 Å². The number of nitrogens with one attached hydrogen (secondary N) is 1. The Morgan fingerprint density at radius 1 is 1.05 bits per heavy atom. The number of hydrogen-bond donors (Lipinski definition) is 5. The molecule has 0 heterocycles. The Labute approximate surface area is 121 Å². The summed E-state index contributed by atoms with van der Waals surface area (Å²) in [7, 11) is 1.75. The van der Waals surface area contributed by atoms with Crippen LogP contribution in [0.1, 0.15) is 40.5 Å². The van der Waals surface area contributed by atoms with E-state index in [2.05, 4.69) is 5.32 Å². The van der Waals surface area contributed by atoms with E-state index in [9.17, 15) is 20.4 Å². The average molecular weight is 293 g/mol. The van der Waals surface area contributed by atoms with E-state index >= 15 is 0 Å². The van der Waals surface area contributed by atoms with E-state index in [0.29, 0.717) is 0 Å². The van der Waals surface area contributed by atoms with Crippen molar-refractivity contribution in [2.75, 3.05) is 13.7 Å². The third-order valence-corrected chi connectivity index (χ3v) is 3.66. The molecule has 0 aromatic carbocycles. The third kappa shape index (κ3) is 6.97. The number of hydrogen-bond acceptors (Lipinski definition) is 6. The highest BCUT2D eigenvalue weighted by Crippen LogP contribution is 2.16. The summed E-state index contributed by atoms with van der Waals surface area (Å²) in [5.41, 5.74) is -0.377. The van der Waals surface area contributed by atoms with E-state index in [1.165, 1.54) is 0 Å². The highest BCUT2D eigenvalue weighted by molar-refractivity contribution is 4.87. The smallest absolute Gasteiger partial charge is 0.110 e. The summed E-state index contributed by atoms with van der Waals surface area (Å²) in [5.74, 6) is 0. The van der Waals surface area contributed by atoms with Crippen molar-refractivity contribution in [3.63, 3.8) is 0 Å². The largest absolute Gasteiger partial charge is 0.390 e. The van der Waals surface area contributed by atoms with Crippen molar-refractivity contribution in [1.29, 1.82) is 0 Å². The number of ether oxygens (including phenoxy) is 1. The molecule has 0 aromatic rings. The Morgan fingerprint density at radius 2 is 1.55 bits per heavy atom. The van der Waals surface area contributed by atoms with Gasteiger partial charge >= 0.3 is 0 Å². The quantitative estimate of drug-likeness (QED) is 0.377. The molecule has 20 heavy (non-hydrogen) atoms. The summed E-state index contributed by atoms with van der Waals surface area (Å²) >= 11 is 0. The van der Waals surface area contributed by atoms with E-state index < -0.39 is 24.4 Å². The van der Waals surface area contributed by atoms with Gasteiger partial charge in [-0.1, -0.05) is 6.92 Å². The Bertz CT molecular complexity index is 262. The zero-order chi connectivity index (χ0) is 15.9. The second-order valence-electron chi connectivity index (χ2n) is 6.01. The number of aliphatic hydroxyl groups is 4. The standard InChI is InChI=1S/C14H31NO5/c1-6-9(2)20-8-11(17)13(19)12(18)10(16)7-14(3,4)15-5/h9-13,15-19H,6-8H2,1-5H3. The summed E-state index contributed by atoms with van der Waals surface area (Å²) in [6.45, 7) is 7.48. The molecule has 0 aliphatic carbocycles. The van der Waals surface area contributed by atoms with Crippen molar-refractivity contribution in [3.8, 4) is 0 Å². The molecule has 0 aromatic heterocycles. The monoisotopic (exact) mass is 293 g/mol. The normalized spacial score (nSPS) is 20.2. The molecule has 6 nitrogen and oxygen atoms in total. The fraction of sp³-hybridized carbons (Fsp3) is 1.00. The fourth-order valence-electron chi connectivity index (χ4n) is 1.68. The second-order valence-corrected chi connectivity index (χ2v) is 6.01. The molecule has 0 aliphatic heterocycles. The molecule has 5 unspecified atom stereocenters. The highest BCUT2D eigenvalue weighted by atomic mass is 16.5. The molecule has 0 saturated carbocycles. The van der Waals surface area contributed by atoms with Gasteiger partial charge in [-0.2, -0.15) is 0 Å². The van der Waals surface area contributed by atoms with Crippen LogP contribution in [0.25, 0.3) is 0 Å². The fourth-order valence-corrected chi connectivity index (χ4v) is 1.68. The average Bonchev–Trinajstić information content (AvgIpc) is 2.41. The predicted octanol–water partition coefficient (Wildman–Crippen LogP) is -0.367. The topological polar surface area (TPSA) is 102 Å². The molecule has 0 fully saturated rings. The van der Waals surface area contributed by atoms with Crippen LogP contribution in [0.15, 0.2) is 0 Å². The molecule has 0 saturated heterocycles.